The van der Waals surface area contributed by atoms with Gasteiger partial charge >= 0.3 is 6.03 Å². The number of nitrogens with zero attached hydrogens (tertiary/aromatic N) is 4. The highest BCUT2D eigenvalue weighted by Crippen LogP contribution is 2.26. The second-order valence-corrected chi connectivity index (χ2v) is 8.23. The first-order valence-corrected chi connectivity index (χ1v) is 10.1. The standard InChI is InChI=1S/C21H30N4O2/c1-16-3-5-18(6-4-16)13-24-15-20-14-23(11-12-25(20)21(24)27)19-7-9-22(10-8-19)17(2)26/h3-6,19-20H,7-15H2,1-2H3/t20-/m1/s1. The number of fused-ring (bicyclic) bond motifs is 1. The number of benzene rings is 1. The zero-order valence-corrected chi connectivity index (χ0v) is 16.4. The Bertz CT molecular complexity index is 697. The zero-order chi connectivity index (χ0) is 19.0. The minimum absolute atomic E-state index is 0.186. The van der Waals surface area contributed by atoms with E-state index in [4.69, 9.17) is 0 Å². The summed E-state index contributed by atoms with van der Waals surface area (Å²) >= 11 is 0. The van der Waals surface area contributed by atoms with Crippen LogP contribution in [0.2, 0.25) is 0 Å². The van der Waals surface area contributed by atoms with Crippen LogP contribution in [0.1, 0.15) is 30.9 Å². The van der Waals surface area contributed by atoms with Gasteiger partial charge in [0.05, 0.1) is 6.04 Å². The molecule has 0 N–H and O–H groups in total. The smallest absolute Gasteiger partial charge is 0.320 e. The summed E-state index contributed by atoms with van der Waals surface area (Å²) in [5.41, 5.74) is 2.44. The molecule has 0 aromatic heterocycles. The molecule has 27 heavy (non-hydrogen) atoms. The number of rotatable bonds is 3. The van der Waals surface area contributed by atoms with Crippen molar-refractivity contribution in [1.82, 2.24) is 19.6 Å². The fourth-order valence-electron chi connectivity index (χ4n) is 4.73. The molecule has 1 aromatic rings. The normalized spacial score (nSPS) is 24.4. The summed E-state index contributed by atoms with van der Waals surface area (Å²) in [6.07, 6.45) is 2.10. The first-order chi connectivity index (χ1) is 13.0. The summed E-state index contributed by atoms with van der Waals surface area (Å²) in [5, 5.41) is 0. The lowest BCUT2D eigenvalue weighted by molar-refractivity contribution is -0.130. The van der Waals surface area contributed by atoms with E-state index in [0.29, 0.717) is 18.6 Å². The number of hydrogen-bond donors (Lipinski definition) is 0. The Labute approximate surface area is 161 Å². The predicted octanol–water partition coefficient (Wildman–Crippen LogP) is 1.93. The van der Waals surface area contributed by atoms with Crippen LogP contribution in [0.25, 0.3) is 0 Å². The molecule has 3 aliphatic rings. The summed E-state index contributed by atoms with van der Waals surface area (Å²) < 4.78 is 0. The molecule has 0 saturated carbocycles. The summed E-state index contributed by atoms with van der Waals surface area (Å²) in [6.45, 7) is 9.71. The minimum Gasteiger partial charge on any atom is -0.343 e. The first kappa shape index (κ1) is 18.3. The van der Waals surface area contributed by atoms with Crippen LogP contribution in [-0.4, -0.2) is 82.9 Å². The second kappa shape index (κ2) is 7.50. The molecule has 1 aromatic carbocycles. The molecule has 0 radical (unpaired) electrons. The van der Waals surface area contributed by atoms with Gasteiger partial charge < -0.3 is 14.7 Å². The molecular formula is C21H30N4O2. The van der Waals surface area contributed by atoms with Crippen molar-refractivity contribution >= 4 is 11.9 Å². The van der Waals surface area contributed by atoms with Gasteiger partial charge in [-0.15, -0.1) is 0 Å². The van der Waals surface area contributed by atoms with Crippen LogP contribution in [0.4, 0.5) is 4.79 Å². The number of urea groups is 1. The molecule has 0 spiro atoms. The number of likely N-dealkylation sites (tertiary alicyclic amines) is 1. The van der Waals surface area contributed by atoms with Crippen molar-refractivity contribution in [2.45, 2.75) is 45.3 Å². The Morgan fingerprint density at radius 2 is 1.70 bits per heavy atom. The van der Waals surface area contributed by atoms with Gasteiger partial charge in [-0.1, -0.05) is 29.8 Å². The molecule has 0 unspecified atom stereocenters. The summed E-state index contributed by atoms with van der Waals surface area (Å²) in [5.74, 6) is 0.186. The number of piperazine rings is 1. The molecule has 0 bridgehead atoms. The van der Waals surface area contributed by atoms with Gasteiger partial charge in [0.2, 0.25) is 5.91 Å². The Hall–Kier alpha value is -2.08. The predicted molar refractivity (Wildman–Crippen MR) is 104 cm³/mol. The molecular weight excluding hydrogens is 340 g/mol. The van der Waals surface area contributed by atoms with E-state index in [1.807, 2.05) is 9.80 Å². The third-order valence-electron chi connectivity index (χ3n) is 6.38. The van der Waals surface area contributed by atoms with Crippen molar-refractivity contribution in [3.05, 3.63) is 35.4 Å². The van der Waals surface area contributed by atoms with Crippen molar-refractivity contribution in [2.24, 2.45) is 0 Å². The van der Waals surface area contributed by atoms with Gasteiger partial charge in [0.1, 0.15) is 0 Å². The van der Waals surface area contributed by atoms with Crippen LogP contribution < -0.4 is 0 Å². The number of amides is 3. The maximum absolute atomic E-state index is 12.8. The molecule has 146 valence electrons. The van der Waals surface area contributed by atoms with E-state index in [1.54, 1.807) is 6.92 Å². The first-order valence-electron chi connectivity index (χ1n) is 10.1. The van der Waals surface area contributed by atoms with Crippen LogP contribution in [0.5, 0.6) is 0 Å². The molecule has 4 rings (SSSR count). The van der Waals surface area contributed by atoms with Gasteiger partial charge in [0.25, 0.3) is 0 Å². The average molecular weight is 370 g/mol. The molecule has 3 fully saturated rings. The van der Waals surface area contributed by atoms with Crippen LogP contribution in [0, 0.1) is 6.92 Å². The van der Waals surface area contributed by atoms with Gasteiger partial charge in [-0.2, -0.15) is 0 Å². The van der Waals surface area contributed by atoms with Crippen molar-refractivity contribution < 1.29 is 9.59 Å². The Kier molecular flexibility index (Phi) is 5.08. The molecule has 3 saturated heterocycles. The molecule has 6 heteroatoms. The van der Waals surface area contributed by atoms with Crippen molar-refractivity contribution in [3.8, 4) is 0 Å². The number of carbonyl (C=O) groups is 2. The lowest BCUT2D eigenvalue weighted by atomic mass is 10.0. The summed E-state index contributed by atoms with van der Waals surface area (Å²) in [6, 6.07) is 9.49. The molecule has 3 amide bonds. The lowest BCUT2D eigenvalue weighted by Gasteiger charge is -2.43. The van der Waals surface area contributed by atoms with Crippen LogP contribution in [-0.2, 0) is 11.3 Å². The van der Waals surface area contributed by atoms with Crippen LogP contribution in [0.3, 0.4) is 0 Å². The third kappa shape index (κ3) is 3.81. The van der Waals surface area contributed by atoms with Gasteiger partial charge in [-0.3, -0.25) is 9.69 Å². The zero-order valence-electron chi connectivity index (χ0n) is 16.4. The maximum atomic E-state index is 12.8. The quantitative estimate of drug-likeness (QED) is 0.817. The lowest BCUT2D eigenvalue weighted by Crippen LogP contribution is -2.57. The topological polar surface area (TPSA) is 47.1 Å². The SMILES string of the molecule is CC(=O)N1CCC(N2CCN3C(=O)N(Cc4ccc(C)cc4)C[C@H]3C2)CC1. The van der Waals surface area contributed by atoms with Gasteiger partial charge in [-0.25, -0.2) is 4.79 Å². The van der Waals surface area contributed by atoms with E-state index < -0.39 is 0 Å². The van der Waals surface area contributed by atoms with Crippen LogP contribution >= 0.6 is 0 Å². The van der Waals surface area contributed by atoms with Gasteiger partial charge in [0, 0.05) is 58.8 Å². The molecule has 0 aliphatic carbocycles. The van der Waals surface area contributed by atoms with E-state index in [1.165, 1.54) is 11.1 Å². The fraction of sp³-hybridized carbons (Fsp3) is 0.619. The fourth-order valence-corrected chi connectivity index (χ4v) is 4.73. The van der Waals surface area contributed by atoms with Crippen molar-refractivity contribution in [2.75, 3.05) is 39.3 Å². The van der Waals surface area contributed by atoms with E-state index >= 15 is 0 Å². The van der Waals surface area contributed by atoms with E-state index in [9.17, 15) is 9.59 Å². The van der Waals surface area contributed by atoms with E-state index in [-0.39, 0.29) is 11.9 Å². The third-order valence-corrected chi connectivity index (χ3v) is 6.38. The minimum atomic E-state index is 0.186. The molecule has 1 atom stereocenters. The highest BCUT2D eigenvalue weighted by molar-refractivity contribution is 5.77. The number of hydrogen-bond acceptors (Lipinski definition) is 3. The summed E-state index contributed by atoms with van der Waals surface area (Å²) in [7, 11) is 0. The van der Waals surface area contributed by atoms with Crippen molar-refractivity contribution in [1.29, 1.82) is 0 Å². The Balaban J connectivity index is 1.34. The highest BCUT2D eigenvalue weighted by atomic mass is 16.2. The number of piperidine rings is 1. The van der Waals surface area contributed by atoms with Crippen molar-refractivity contribution in [3.63, 3.8) is 0 Å². The average Bonchev–Trinajstić information content (AvgIpc) is 2.98. The highest BCUT2D eigenvalue weighted by Gasteiger charge is 2.42. The Morgan fingerprint density at radius 1 is 1.00 bits per heavy atom. The van der Waals surface area contributed by atoms with E-state index in [0.717, 1.165) is 52.1 Å². The molecule has 3 heterocycles. The monoisotopic (exact) mass is 370 g/mol. The Morgan fingerprint density at radius 3 is 2.37 bits per heavy atom. The summed E-state index contributed by atoms with van der Waals surface area (Å²) in [4.78, 5) is 32.9. The molecule has 3 aliphatic heterocycles. The van der Waals surface area contributed by atoms with Gasteiger partial charge in [-0.05, 0) is 25.3 Å². The molecule has 6 nitrogen and oxygen atoms in total. The largest absolute Gasteiger partial charge is 0.343 e. The van der Waals surface area contributed by atoms with E-state index in [2.05, 4.69) is 41.0 Å². The number of carbonyl (C=O) groups excluding carboxylic acids is 2. The number of aryl methyl sites for hydroxylation is 1. The second-order valence-electron chi connectivity index (χ2n) is 8.23. The maximum Gasteiger partial charge on any atom is 0.320 e. The van der Waals surface area contributed by atoms with Crippen LogP contribution in [0.15, 0.2) is 24.3 Å². The van der Waals surface area contributed by atoms with Gasteiger partial charge in [0.15, 0.2) is 0 Å².